The lowest BCUT2D eigenvalue weighted by Gasteiger charge is -2.09. The molecule has 12 heavy (non-hydrogen) atoms. The molecule has 0 amide bonds. The minimum absolute atomic E-state index is 0.276. The van der Waals surface area contributed by atoms with Crippen LogP contribution in [0.2, 0.25) is 10.3 Å². The molecule has 0 bridgehead atoms. The zero-order valence-corrected chi connectivity index (χ0v) is 7.81. The Morgan fingerprint density at radius 1 is 1.42 bits per heavy atom. The molecule has 0 saturated carbocycles. The summed E-state index contributed by atoms with van der Waals surface area (Å²) in [5.41, 5.74) is 11.7. The lowest BCUT2D eigenvalue weighted by Crippen LogP contribution is -2.21. The van der Waals surface area contributed by atoms with Crippen LogP contribution in [0.3, 0.4) is 0 Å². The Bertz CT molecular complexity index is 277. The quantitative estimate of drug-likeness (QED) is 0.717. The first-order chi connectivity index (χ1) is 5.65. The van der Waals surface area contributed by atoms with Gasteiger partial charge >= 0.3 is 0 Å². The minimum Gasteiger partial charge on any atom is -0.329 e. The Morgan fingerprint density at radius 2 is 2.08 bits per heavy atom. The number of aromatic nitrogens is 1. The van der Waals surface area contributed by atoms with Crippen LogP contribution in [-0.2, 0) is 0 Å². The fraction of sp³-hybridized carbons (Fsp3) is 0.286. The summed E-state index contributed by atoms with van der Waals surface area (Å²) in [4.78, 5) is 3.84. The molecule has 66 valence electrons. The number of nitrogens with two attached hydrogens (primary N) is 2. The topological polar surface area (TPSA) is 64.9 Å². The van der Waals surface area contributed by atoms with Crippen molar-refractivity contribution in [3.8, 4) is 0 Å². The van der Waals surface area contributed by atoms with Gasteiger partial charge in [-0.15, -0.1) is 0 Å². The summed E-state index contributed by atoms with van der Waals surface area (Å²) < 4.78 is 0. The summed E-state index contributed by atoms with van der Waals surface area (Å²) in [6.07, 6.45) is 0. The van der Waals surface area contributed by atoms with E-state index in [9.17, 15) is 0 Å². The van der Waals surface area contributed by atoms with Gasteiger partial charge in [-0.05, 0) is 6.07 Å². The molecule has 0 spiro atoms. The van der Waals surface area contributed by atoms with E-state index in [1.165, 1.54) is 0 Å². The predicted octanol–water partition coefficient (Wildman–Crippen LogP) is 1.35. The molecule has 0 aromatic carbocycles. The number of rotatable bonds is 2. The summed E-state index contributed by atoms with van der Waals surface area (Å²) in [5, 5.41) is 0.674. The van der Waals surface area contributed by atoms with Gasteiger partial charge in [-0.25, -0.2) is 4.98 Å². The number of pyridine rings is 1. The zero-order chi connectivity index (χ0) is 9.14. The number of halogens is 2. The number of hydrogen-bond acceptors (Lipinski definition) is 3. The lowest BCUT2D eigenvalue weighted by atomic mass is 10.1. The van der Waals surface area contributed by atoms with E-state index in [4.69, 9.17) is 34.7 Å². The minimum atomic E-state index is -0.276. The molecule has 0 aliphatic carbocycles. The van der Waals surface area contributed by atoms with Crippen LogP contribution in [-0.4, -0.2) is 11.5 Å². The predicted molar refractivity (Wildman–Crippen MR) is 50.2 cm³/mol. The van der Waals surface area contributed by atoms with E-state index in [2.05, 4.69) is 4.98 Å². The Kier molecular flexibility index (Phi) is 3.29. The van der Waals surface area contributed by atoms with Crippen LogP contribution in [0.25, 0.3) is 0 Å². The summed E-state index contributed by atoms with van der Waals surface area (Å²) in [5.74, 6) is 0. The molecule has 1 rings (SSSR count). The summed E-state index contributed by atoms with van der Waals surface area (Å²) in [6, 6.07) is 3.09. The molecule has 0 saturated heterocycles. The molecule has 4 N–H and O–H groups in total. The Balaban J connectivity index is 3.01. The van der Waals surface area contributed by atoms with Crippen LogP contribution in [0, 0.1) is 0 Å². The summed E-state index contributed by atoms with van der Waals surface area (Å²) in [7, 11) is 0. The normalized spacial score (nSPS) is 13.0. The van der Waals surface area contributed by atoms with Gasteiger partial charge in [0.1, 0.15) is 10.3 Å². The van der Waals surface area contributed by atoms with E-state index < -0.39 is 0 Å². The summed E-state index contributed by atoms with van der Waals surface area (Å²) >= 11 is 11.4. The number of hydrogen-bond donors (Lipinski definition) is 2. The van der Waals surface area contributed by atoms with E-state index in [1.807, 2.05) is 0 Å². The maximum atomic E-state index is 5.77. The molecule has 0 radical (unpaired) electrons. The molecule has 1 aromatic heterocycles. The van der Waals surface area contributed by atoms with Gasteiger partial charge in [0.05, 0.1) is 0 Å². The monoisotopic (exact) mass is 205 g/mol. The van der Waals surface area contributed by atoms with E-state index in [1.54, 1.807) is 12.1 Å². The molecule has 3 nitrogen and oxygen atoms in total. The highest BCUT2D eigenvalue weighted by Gasteiger charge is 2.09. The van der Waals surface area contributed by atoms with Gasteiger partial charge in [-0.1, -0.05) is 29.3 Å². The average molecular weight is 206 g/mol. The molecule has 0 aliphatic heterocycles. The van der Waals surface area contributed by atoms with Crippen molar-refractivity contribution in [2.45, 2.75) is 6.04 Å². The Hall–Kier alpha value is -0.350. The second-order valence-corrected chi connectivity index (χ2v) is 3.10. The molecule has 1 heterocycles. The maximum absolute atomic E-state index is 5.77. The van der Waals surface area contributed by atoms with Gasteiger partial charge in [0.2, 0.25) is 0 Å². The van der Waals surface area contributed by atoms with Crippen molar-refractivity contribution in [2.24, 2.45) is 11.5 Å². The van der Waals surface area contributed by atoms with E-state index in [-0.39, 0.29) is 6.04 Å². The third-order valence-electron chi connectivity index (χ3n) is 1.50. The maximum Gasteiger partial charge on any atom is 0.135 e. The van der Waals surface area contributed by atoms with Crippen LogP contribution < -0.4 is 11.5 Å². The molecule has 0 aliphatic rings. The van der Waals surface area contributed by atoms with Crippen molar-refractivity contribution in [2.75, 3.05) is 6.54 Å². The van der Waals surface area contributed by atoms with E-state index in [0.717, 1.165) is 5.56 Å². The van der Waals surface area contributed by atoms with Crippen LogP contribution in [0.15, 0.2) is 12.1 Å². The molecule has 5 heteroatoms. The van der Waals surface area contributed by atoms with Gasteiger partial charge in [0, 0.05) is 18.2 Å². The van der Waals surface area contributed by atoms with Crippen molar-refractivity contribution in [3.05, 3.63) is 28.0 Å². The van der Waals surface area contributed by atoms with Crippen LogP contribution in [0.5, 0.6) is 0 Å². The molecule has 0 fully saturated rings. The third-order valence-corrected chi connectivity index (χ3v) is 2.01. The first-order valence-corrected chi connectivity index (χ1v) is 4.18. The smallest absolute Gasteiger partial charge is 0.135 e. The Labute approximate surface area is 80.7 Å². The van der Waals surface area contributed by atoms with Crippen molar-refractivity contribution < 1.29 is 0 Å². The van der Waals surface area contributed by atoms with Crippen molar-refractivity contribution in [3.63, 3.8) is 0 Å². The van der Waals surface area contributed by atoms with Gasteiger partial charge in [0.15, 0.2) is 0 Å². The zero-order valence-electron chi connectivity index (χ0n) is 6.30. The molecule has 1 atom stereocenters. The largest absolute Gasteiger partial charge is 0.329 e. The summed E-state index contributed by atoms with van der Waals surface area (Å²) in [6.45, 7) is 0.336. The second-order valence-electron chi connectivity index (χ2n) is 2.36. The van der Waals surface area contributed by atoms with Gasteiger partial charge in [-0.3, -0.25) is 0 Å². The van der Waals surface area contributed by atoms with Crippen LogP contribution in [0.4, 0.5) is 0 Å². The van der Waals surface area contributed by atoms with E-state index >= 15 is 0 Å². The van der Waals surface area contributed by atoms with E-state index in [0.29, 0.717) is 16.9 Å². The third kappa shape index (κ3) is 2.08. The van der Waals surface area contributed by atoms with Crippen molar-refractivity contribution in [1.29, 1.82) is 0 Å². The highest BCUT2D eigenvalue weighted by molar-refractivity contribution is 6.32. The van der Waals surface area contributed by atoms with Crippen LogP contribution >= 0.6 is 23.2 Å². The molecular weight excluding hydrogens is 197 g/mol. The highest BCUT2D eigenvalue weighted by atomic mass is 35.5. The van der Waals surface area contributed by atoms with Crippen molar-refractivity contribution in [1.82, 2.24) is 4.98 Å². The Morgan fingerprint density at radius 3 is 2.58 bits per heavy atom. The number of nitrogens with zero attached hydrogens (tertiary/aromatic N) is 1. The first kappa shape index (κ1) is 9.74. The van der Waals surface area contributed by atoms with Gasteiger partial charge in [0.25, 0.3) is 0 Å². The molecule has 1 aromatic rings. The van der Waals surface area contributed by atoms with Crippen molar-refractivity contribution >= 4 is 23.2 Å². The first-order valence-electron chi connectivity index (χ1n) is 3.42. The molecule has 0 unspecified atom stereocenters. The fourth-order valence-corrected chi connectivity index (χ4v) is 1.31. The standard InChI is InChI=1S/C7H9Cl2N3/c8-6-2-1-4(5(11)3-10)7(9)12-6/h1-2,5H,3,10-11H2/t5-/m0/s1. The SMILES string of the molecule is NC[C@H](N)c1ccc(Cl)nc1Cl. The second kappa shape index (κ2) is 4.05. The highest BCUT2D eigenvalue weighted by Crippen LogP contribution is 2.20. The van der Waals surface area contributed by atoms with Gasteiger partial charge < -0.3 is 11.5 Å². The lowest BCUT2D eigenvalue weighted by molar-refractivity contribution is 0.733. The van der Waals surface area contributed by atoms with Gasteiger partial charge in [-0.2, -0.15) is 0 Å². The fourth-order valence-electron chi connectivity index (χ4n) is 0.826. The van der Waals surface area contributed by atoms with Crippen LogP contribution in [0.1, 0.15) is 11.6 Å². The average Bonchev–Trinajstić information content (AvgIpc) is 2.03. The molecular formula is C7H9Cl2N3.